The fourth-order valence-electron chi connectivity index (χ4n) is 2.59. The Hall–Kier alpha value is -2.37. The fourth-order valence-corrected chi connectivity index (χ4v) is 2.59. The average molecular weight is 318 g/mol. The number of hydrogen-bond donors (Lipinski definition) is 1. The van der Waals surface area contributed by atoms with Crippen LogP contribution in [0.1, 0.15) is 32.6 Å². The number of nitrogens with zero attached hydrogens (tertiary/aromatic N) is 1. The Bertz CT molecular complexity index is 600. The summed E-state index contributed by atoms with van der Waals surface area (Å²) < 4.78 is 4.71. The van der Waals surface area contributed by atoms with Crippen molar-refractivity contribution in [1.29, 1.82) is 0 Å². The molecule has 0 aliphatic carbocycles. The smallest absolute Gasteiger partial charge is 0.311 e. The van der Waals surface area contributed by atoms with Gasteiger partial charge in [-0.15, -0.1) is 0 Å². The standard InChI is InChI=1S/C17H22N2O4/c1-3-4-8-15(20)18-13-6-5-7-14(10-13)19-11-12(9-16(19)21)17(22)23-2/h5-7,10,12H,3-4,8-9,11H2,1-2H3,(H,18,20). The van der Waals surface area contributed by atoms with Gasteiger partial charge in [0.05, 0.1) is 13.0 Å². The molecule has 1 aliphatic heterocycles. The number of esters is 1. The number of rotatable bonds is 6. The summed E-state index contributed by atoms with van der Waals surface area (Å²) in [5.41, 5.74) is 1.33. The minimum absolute atomic E-state index is 0.0378. The van der Waals surface area contributed by atoms with Crippen molar-refractivity contribution in [2.24, 2.45) is 5.92 Å². The number of carbonyl (C=O) groups excluding carboxylic acids is 3. The third kappa shape index (κ3) is 4.31. The molecule has 6 heteroatoms. The summed E-state index contributed by atoms with van der Waals surface area (Å²) in [5.74, 6) is -0.959. The van der Waals surface area contributed by atoms with Crippen LogP contribution < -0.4 is 10.2 Å². The first-order chi connectivity index (χ1) is 11.0. The molecule has 23 heavy (non-hydrogen) atoms. The first-order valence-corrected chi connectivity index (χ1v) is 7.83. The molecule has 0 saturated carbocycles. The summed E-state index contributed by atoms with van der Waals surface area (Å²) in [7, 11) is 1.32. The van der Waals surface area contributed by atoms with E-state index in [2.05, 4.69) is 5.32 Å². The molecule has 2 amide bonds. The molecular weight excluding hydrogens is 296 g/mol. The average Bonchev–Trinajstić information content (AvgIpc) is 2.94. The quantitative estimate of drug-likeness (QED) is 0.817. The lowest BCUT2D eigenvalue weighted by Crippen LogP contribution is -2.26. The zero-order valence-corrected chi connectivity index (χ0v) is 13.5. The molecule has 6 nitrogen and oxygen atoms in total. The molecule has 0 radical (unpaired) electrons. The van der Waals surface area contributed by atoms with Gasteiger partial charge in [-0.05, 0) is 24.6 Å². The van der Waals surface area contributed by atoms with Crippen molar-refractivity contribution in [1.82, 2.24) is 0 Å². The number of anilines is 2. The van der Waals surface area contributed by atoms with Gasteiger partial charge in [-0.25, -0.2) is 0 Å². The molecule has 1 aromatic rings. The second-order valence-electron chi connectivity index (χ2n) is 5.63. The monoisotopic (exact) mass is 318 g/mol. The highest BCUT2D eigenvalue weighted by atomic mass is 16.5. The minimum Gasteiger partial charge on any atom is -0.469 e. The normalized spacial score (nSPS) is 17.2. The first kappa shape index (κ1) is 17.0. The lowest BCUT2D eigenvalue weighted by molar-refractivity contribution is -0.145. The number of benzene rings is 1. The van der Waals surface area contributed by atoms with Gasteiger partial charge in [0.25, 0.3) is 0 Å². The Morgan fingerprint density at radius 3 is 2.87 bits per heavy atom. The molecule has 1 aromatic carbocycles. The van der Waals surface area contributed by atoms with Crippen LogP contribution >= 0.6 is 0 Å². The SMILES string of the molecule is CCCCC(=O)Nc1cccc(N2CC(C(=O)OC)CC2=O)c1. The summed E-state index contributed by atoms with van der Waals surface area (Å²) in [4.78, 5) is 37.1. The summed E-state index contributed by atoms with van der Waals surface area (Å²) in [6.45, 7) is 2.34. The van der Waals surface area contributed by atoms with E-state index in [4.69, 9.17) is 4.74 Å². The van der Waals surface area contributed by atoms with E-state index in [0.29, 0.717) is 24.3 Å². The highest BCUT2D eigenvalue weighted by molar-refractivity contribution is 6.00. The Balaban J connectivity index is 2.06. The summed E-state index contributed by atoms with van der Waals surface area (Å²) >= 11 is 0. The Labute approximate surface area is 135 Å². The highest BCUT2D eigenvalue weighted by Crippen LogP contribution is 2.27. The third-order valence-electron chi connectivity index (χ3n) is 3.86. The molecule has 1 aliphatic rings. The van der Waals surface area contributed by atoms with E-state index in [1.54, 1.807) is 29.2 Å². The lowest BCUT2D eigenvalue weighted by Gasteiger charge is -2.17. The van der Waals surface area contributed by atoms with Crippen LogP contribution in [0.4, 0.5) is 11.4 Å². The Morgan fingerprint density at radius 2 is 2.17 bits per heavy atom. The van der Waals surface area contributed by atoms with Crippen LogP contribution in [0, 0.1) is 5.92 Å². The number of amides is 2. The van der Waals surface area contributed by atoms with Crippen molar-refractivity contribution in [3.05, 3.63) is 24.3 Å². The highest BCUT2D eigenvalue weighted by Gasteiger charge is 2.35. The largest absolute Gasteiger partial charge is 0.469 e. The molecule has 0 spiro atoms. The van der Waals surface area contributed by atoms with Crippen molar-refractivity contribution >= 4 is 29.2 Å². The van der Waals surface area contributed by atoms with Crippen LogP contribution in [0.15, 0.2) is 24.3 Å². The van der Waals surface area contributed by atoms with Crippen LogP contribution in [0.3, 0.4) is 0 Å². The van der Waals surface area contributed by atoms with Crippen LogP contribution in [-0.4, -0.2) is 31.4 Å². The minimum atomic E-state index is -0.435. The number of unbranched alkanes of at least 4 members (excludes halogenated alkanes) is 1. The summed E-state index contributed by atoms with van der Waals surface area (Å²) in [5, 5.41) is 2.83. The van der Waals surface area contributed by atoms with E-state index in [9.17, 15) is 14.4 Å². The van der Waals surface area contributed by atoms with Gasteiger partial charge < -0.3 is 15.0 Å². The maximum absolute atomic E-state index is 12.1. The van der Waals surface area contributed by atoms with Crippen molar-refractivity contribution in [2.45, 2.75) is 32.6 Å². The van der Waals surface area contributed by atoms with Gasteiger partial charge >= 0.3 is 5.97 Å². The number of ether oxygens (including phenoxy) is 1. The maximum Gasteiger partial charge on any atom is 0.311 e. The summed E-state index contributed by atoms with van der Waals surface area (Å²) in [6, 6.07) is 7.11. The molecule has 1 atom stereocenters. The van der Waals surface area contributed by atoms with Gasteiger partial charge in [-0.2, -0.15) is 0 Å². The first-order valence-electron chi connectivity index (χ1n) is 7.83. The molecular formula is C17H22N2O4. The van der Waals surface area contributed by atoms with Crippen LogP contribution in [-0.2, 0) is 19.1 Å². The van der Waals surface area contributed by atoms with Gasteiger partial charge in [0, 0.05) is 30.8 Å². The van der Waals surface area contributed by atoms with Crippen molar-refractivity contribution in [3.63, 3.8) is 0 Å². The Kier molecular flexibility index (Phi) is 5.73. The second-order valence-corrected chi connectivity index (χ2v) is 5.63. The van der Waals surface area contributed by atoms with E-state index in [1.165, 1.54) is 7.11 Å². The van der Waals surface area contributed by atoms with Crippen molar-refractivity contribution < 1.29 is 19.1 Å². The zero-order chi connectivity index (χ0) is 16.8. The van der Waals surface area contributed by atoms with E-state index < -0.39 is 5.92 Å². The van der Waals surface area contributed by atoms with Crippen molar-refractivity contribution in [3.8, 4) is 0 Å². The predicted octanol–water partition coefficient (Wildman–Crippen LogP) is 2.34. The number of carbonyl (C=O) groups is 3. The Morgan fingerprint density at radius 1 is 1.39 bits per heavy atom. The molecule has 1 saturated heterocycles. The van der Waals surface area contributed by atoms with Gasteiger partial charge in [-0.3, -0.25) is 14.4 Å². The molecule has 1 fully saturated rings. The molecule has 124 valence electrons. The van der Waals surface area contributed by atoms with Crippen LogP contribution in [0.2, 0.25) is 0 Å². The molecule has 0 bridgehead atoms. The maximum atomic E-state index is 12.1. The van der Waals surface area contributed by atoms with Gasteiger partial charge in [-0.1, -0.05) is 19.4 Å². The zero-order valence-electron chi connectivity index (χ0n) is 13.5. The molecule has 2 rings (SSSR count). The number of nitrogens with one attached hydrogen (secondary N) is 1. The number of hydrogen-bond acceptors (Lipinski definition) is 4. The topological polar surface area (TPSA) is 75.7 Å². The van der Waals surface area contributed by atoms with Crippen LogP contribution in [0.25, 0.3) is 0 Å². The van der Waals surface area contributed by atoms with E-state index in [1.807, 2.05) is 6.92 Å². The molecule has 0 aromatic heterocycles. The van der Waals surface area contributed by atoms with Crippen molar-refractivity contribution in [2.75, 3.05) is 23.9 Å². The van der Waals surface area contributed by atoms with Gasteiger partial charge in [0.2, 0.25) is 11.8 Å². The van der Waals surface area contributed by atoms with Gasteiger partial charge in [0.15, 0.2) is 0 Å². The molecule has 1 unspecified atom stereocenters. The third-order valence-corrected chi connectivity index (χ3v) is 3.86. The van der Waals surface area contributed by atoms with E-state index >= 15 is 0 Å². The summed E-state index contributed by atoms with van der Waals surface area (Å²) in [6.07, 6.45) is 2.44. The predicted molar refractivity (Wildman–Crippen MR) is 87.1 cm³/mol. The lowest BCUT2D eigenvalue weighted by atomic mass is 10.1. The molecule has 1 N–H and O–H groups in total. The second kappa shape index (κ2) is 7.76. The van der Waals surface area contributed by atoms with E-state index in [0.717, 1.165) is 12.8 Å². The molecule has 1 heterocycles. The fraction of sp³-hybridized carbons (Fsp3) is 0.471. The van der Waals surface area contributed by atoms with Crippen LogP contribution in [0.5, 0.6) is 0 Å². The van der Waals surface area contributed by atoms with Gasteiger partial charge in [0.1, 0.15) is 0 Å². The number of methoxy groups -OCH3 is 1. The van der Waals surface area contributed by atoms with E-state index in [-0.39, 0.29) is 24.2 Å².